The lowest BCUT2D eigenvalue weighted by atomic mass is 10.2. The van der Waals surface area contributed by atoms with E-state index in [-0.39, 0.29) is 24.0 Å². The molecule has 2 aliphatic heterocycles. The average molecular weight is 381 g/mol. The first-order valence-corrected chi connectivity index (χ1v) is 10.2. The van der Waals surface area contributed by atoms with Crippen LogP contribution in [-0.2, 0) is 19.6 Å². The number of anilines is 1. The Bertz CT molecular complexity index is 808. The van der Waals surface area contributed by atoms with Crippen LogP contribution in [0.2, 0.25) is 0 Å². The van der Waals surface area contributed by atoms with Gasteiger partial charge in [-0.2, -0.15) is 0 Å². The summed E-state index contributed by atoms with van der Waals surface area (Å²) in [5.41, 5.74) is 0.963. The van der Waals surface area contributed by atoms with Crippen LogP contribution in [0.4, 0.5) is 5.69 Å². The topological polar surface area (TPSA) is 87.2 Å². The molecule has 2 atom stereocenters. The second-order valence-corrected chi connectivity index (χ2v) is 8.73. The van der Waals surface area contributed by atoms with E-state index in [2.05, 4.69) is 0 Å². The highest BCUT2D eigenvalue weighted by Crippen LogP contribution is 2.24. The summed E-state index contributed by atoms with van der Waals surface area (Å²) < 4.78 is 30.1. The van der Waals surface area contributed by atoms with E-state index >= 15 is 0 Å². The largest absolute Gasteiger partial charge is 0.374 e. The molecule has 9 heteroatoms. The minimum Gasteiger partial charge on any atom is -0.374 e. The maximum absolute atomic E-state index is 12.8. The fourth-order valence-electron chi connectivity index (χ4n) is 3.31. The lowest BCUT2D eigenvalue weighted by Crippen LogP contribution is -2.43. The molecular weight excluding hydrogens is 358 g/mol. The van der Waals surface area contributed by atoms with Gasteiger partial charge < -0.3 is 14.5 Å². The van der Waals surface area contributed by atoms with Gasteiger partial charge in [0.25, 0.3) is 5.91 Å². The molecule has 0 saturated carbocycles. The molecule has 0 radical (unpaired) electrons. The van der Waals surface area contributed by atoms with Gasteiger partial charge in [-0.15, -0.1) is 0 Å². The van der Waals surface area contributed by atoms with Crippen LogP contribution >= 0.6 is 0 Å². The molecule has 2 saturated heterocycles. The number of sulfonamides is 1. The van der Waals surface area contributed by atoms with E-state index in [1.807, 2.05) is 0 Å². The smallest absolute Gasteiger partial charge is 0.254 e. The Morgan fingerprint density at radius 1 is 1.23 bits per heavy atom. The minimum absolute atomic E-state index is 0.0277. The summed E-state index contributed by atoms with van der Waals surface area (Å²) >= 11 is 0. The predicted octanol–water partition coefficient (Wildman–Crippen LogP) is 0.154. The van der Waals surface area contributed by atoms with Gasteiger partial charge in [-0.3, -0.25) is 13.9 Å². The molecule has 2 aliphatic rings. The van der Waals surface area contributed by atoms with Gasteiger partial charge in [-0.25, -0.2) is 8.42 Å². The van der Waals surface area contributed by atoms with Gasteiger partial charge in [0.1, 0.15) is 0 Å². The first-order chi connectivity index (χ1) is 12.2. The molecule has 3 rings (SSSR count). The Hall–Kier alpha value is -2.13. The molecular formula is C17H23N3O5S. The minimum atomic E-state index is -3.35. The van der Waals surface area contributed by atoms with Crippen LogP contribution in [0.15, 0.2) is 24.3 Å². The highest BCUT2D eigenvalue weighted by molar-refractivity contribution is 7.92. The summed E-state index contributed by atoms with van der Waals surface area (Å²) in [6.07, 6.45) is 1.32. The Morgan fingerprint density at radius 3 is 2.50 bits per heavy atom. The number of nitrogens with zero attached hydrogens (tertiary/aromatic N) is 3. The van der Waals surface area contributed by atoms with Crippen molar-refractivity contribution < 1.29 is 22.7 Å². The molecule has 1 aromatic carbocycles. The predicted molar refractivity (Wildman–Crippen MR) is 96.5 cm³/mol. The average Bonchev–Trinajstić information content (AvgIpc) is 2.98. The molecule has 0 bridgehead atoms. The Morgan fingerprint density at radius 2 is 1.88 bits per heavy atom. The van der Waals surface area contributed by atoms with Crippen LogP contribution < -0.4 is 4.31 Å². The second-order valence-electron chi connectivity index (χ2n) is 6.72. The molecule has 142 valence electrons. The lowest BCUT2D eigenvalue weighted by Gasteiger charge is -2.25. The van der Waals surface area contributed by atoms with Crippen molar-refractivity contribution in [1.29, 1.82) is 0 Å². The third kappa shape index (κ3) is 3.54. The fraction of sp³-hybridized carbons (Fsp3) is 0.529. The third-order valence-corrected chi connectivity index (χ3v) is 6.24. The molecule has 0 spiro atoms. The number of carbonyl (C=O) groups excluding carboxylic acids is 2. The lowest BCUT2D eigenvalue weighted by molar-refractivity contribution is -0.131. The normalized spacial score (nSPS) is 23.6. The monoisotopic (exact) mass is 381 g/mol. The van der Waals surface area contributed by atoms with Crippen molar-refractivity contribution in [3.63, 3.8) is 0 Å². The van der Waals surface area contributed by atoms with Gasteiger partial charge in [-0.05, 0) is 24.3 Å². The maximum atomic E-state index is 12.8. The molecule has 0 aliphatic carbocycles. The zero-order chi connectivity index (χ0) is 19.1. The number of likely N-dealkylation sites (N-methyl/N-ethyl adjacent to an activating group) is 1. The number of amides is 2. The summed E-state index contributed by atoms with van der Waals surface area (Å²) in [6, 6.07) is 6.31. The van der Waals surface area contributed by atoms with E-state index in [1.165, 1.54) is 7.05 Å². The van der Waals surface area contributed by atoms with Crippen molar-refractivity contribution >= 4 is 27.5 Å². The Balaban J connectivity index is 1.73. The van der Waals surface area contributed by atoms with Crippen molar-refractivity contribution in [2.75, 3.05) is 44.4 Å². The number of ether oxygens (including phenoxy) is 1. The number of carbonyl (C=O) groups is 2. The van der Waals surface area contributed by atoms with Crippen molar-refractivity contribution in [1.82, 2.24) is 9.80 Å². The van der Waals surface area contributed by atoms with Crippen LogP contribution in [-0.4, -0.2) is 82.2 Å². The first kappa shape index (κ1) is 18.7. The van der Waals surface area contributed by atoms with Gasteiger partial charge in [0, 0.05) is 32.7 Å². The van der Waals surface area contributed by atoms with E-state index in [9.17, 15) is 18.0 Å². The Kier molecular flexibility index (Phi) is 4.94. The summed E-state index contributed by atoms with van der Waals surface area (Å²) in [7, 11) is -0.139. The van der Waals surface area contributed by atoms with Crippen molar-refractivity contribution in [2.45, 2.75) is 18.6 Å². The third-order valence-electron chi connectivity index (χ3n) is 5.04. The van der Waals surface area contributed by atoms with E-state index in [4.69, 9.17) is 4.74 Å². The highest BCUT2D eigenvalue weighted by Gasteiger charge is 2.41. The SMILES string of the molecule is CN1C(=O)CCO[C@H]2CN(C(=O)c3ccc(N(C)S(C)(=O)=O)cc3)C[C@@H]21. The molecule has 1 aromatic rings. The van der Waals surface area contributed by atoms with Crippen LogP contribution in [0.5, 0.6) is 0 Å². The van der Waals surface area contributed by atoms with Gasteiger partial charge in [0.2, 0.25) is 15.9 Å². The number of benzene rings is 1. The van der Waals surface area contributed by atoms with E-state index < -0.39 is 10.0 Å². The molecule has 0 aromatic heterocycles. The van der Waals surface area contributed by atoms with Crippen LogP contribution in [0.1, 0.15) is 16.8 Å². The van der Waals surface area contributed by atoms with Crippen LogP contribution in [0, 0.1) is 0 Å². The van der Waals surface area contributed by atoms with Crippen molar-refractivity contribution in [2.24, 2.45) is 0 Å². The summed E-state index contributed by atoms with van der Waals surface area (Å²) in [4.78, 5) is 28.1. The number of rotatable bonds is 3. The maximum Gasteiger partial charge on any atom is 0.254 e. The van der Waals surface area contributed by atoms with E-state index in [0.29, 0.717) is 37.4 Å². The van der Waals surface area contributed by atoms with Gasteiger partial charge >= 0.3 is 0 Å². The number of hydrogen-bond acceptors (Lipinski definition) is 5. The van der Waals surface area contributed by atoms with Gasteiger partial charge in [-0.1, -0.05) is 0 Å². The highest BCUT2D eigenvalue weighted by atomic mass is 32.2. The van der Waals surface area contributed by atoms with E-state index in [1.54, 1.807) is 41.1 Å². The van der Waals surface area contributed by atoms with Crippen molar-refractivity contribution in [3.05, 3.63) is 29.8 Å². The molecule has 2 amide bonds. The van der Waals surface area contributed by atoms with E-state index in [0.717, 1.165) is 10.6 Å². The Labute approximate surface area is 153 Å². The van der Waals surface area contributed by atoms with Crippen LogP contribution in [0.3, 0.4) is 0 Å². The zero-order valence-corrected chi connectivity index (χ0v) is 15.9. The molecule has 26 heavy (non-hydrogen) atoms. The quantitative estimate of drug-likeness (QED) is 0.744. The first-order valence-electron chi connectivity index (χ1n) is 8.39. The second kappa shape index (κ2) is 6.88. The molecule has 0 unspecified atom stereocenters. The van der Waals surface area contributed by atoms with Crippen molar-refractivity contribution in [3.8, 4) is 0 Å². The standard InChI is InChI=1S/C17H23N3O5S/c1-18-14-10-20(11-15(14)25-9-8-16(18)21)17(22)12-4-6-13(7-5-12)19(2)26(3,23)24/h4-7,14-15H,8-11H2,1-3H3/t14-,15-/m0/s1. The summed E-state index contributed by atoms with van der Waals surface area (Å²) in [6.45, 7) is 1.24. The van der Waals surface area contributed by atoms with Crippen LogP contribution in [0.25, 0.3) is 0 Å². The summed E-state index contributed by atoms with van der Waals surface area (Å²) in [5, 5.41) is 0. The molecule has 2 fully saturated rings. The fourth-order valence-corrected chi connectivity index (χ4v) is 3.81. The number of fused-ring (bicyclic) bond motifs is 1. The van der Waals surface area contributed by atoms with Gasteiger partial charge in [0.15, 0.2) is 0 Å². The summed E-state index contributed by atoms with van der Waals surface area (Å²) in [5.74, 6) is -0.129. The van der Waals surface area contributed by atoms with Gasteiger partial charge in [0.05, 0.1) is 37.1 Å². The molecule has 0 N–H and O–H groups in total. The molecule has 8 nitrogen and oxygen atoms in total. The molecule has 2 heterocycles. The number of hydrogen-bond donors (Lipinski definition) is 0. The zero-order valence-electron chi connectivity index (χ0n) is 15.1. The number of likely N-dealkylation sites (tertiary alicyclic amines) is 1.